The Labute approximate surface area is 787 Å². The molecule has 9 heterocycles. The van der Waals surface area contributed by atoms with Gasteiger partial charge in [-0.05, 0) is 260 Å². The highest BCUT2D eigenvalue weighted by Crippen LogP contribution is 2.59. The fourth-order valence-corrected chi connectivity index (χ4v) is 25.9. The predicted molar refractivity (Wildman–Crippen MR) is 505 cm³/mol. The number of rotatable bonds is 26. The first-order valence-corrected chi connectivity index (χ1v) is 55.5. The largest absolute Gasteiger partial charge is 0.496 e. The van der Waals surface area contributed by atoms with Gasteiger partial charge in [0, 0.05) is 100 Å². The van der Waals surface area contributed by atoms with E-state index in [2.05, 4.69) is 102 Å². The average Bonchev–Trinajstić information content (AvgIpc) is 1.55. The lowest BCUT2D eigenvalue weighted by atomic mass is 9.68. The number of fused-ring (bicyclic) bond motifs is 1. The Morgan fingerprint density at radius 2 is 1.16 bits per heavy atom. The Morgan fingerprint density at radius 1 is 0.618 bits per heavy atom. The second-order valence-electron chi connectivity index (χ2n) is 44.9. The molecular weight excluding hydrogens is 1720 g/mol. The number of nitrogens with zero attached hydrogens (tertiary/aromatic N) is 5. The number of aliphatic hydroxyl groups excluding tert-OH is 1. The number of methoxy groups -OCH3 is 3. The highest BCUT2D eigenvalue weighted by atomic mass is 28.4. The minimum Gasteiger partial charge on any atom is -0.496 e. The van der Waals surface area contributed by atoms with Gasteiger partial charge in [-0.15, -0.1) is 0 Å². The SMILES string of the molecule is CC[C@H]1OC(=O)[C@H](C)[C@@H](O[C@H]2C[C@@](C)(OC)[C@@H](O[Si](C)(C)C)[C@H](C)O2)[C@H](C)[C@@H](O[C@@H]2O[C@H](C)C[C@H](N(C)C)[C@H]2O[Si](C)(C)C)[C@@](C)(O)C[C@@H](C)C(=O)/C(C)=C/[C@]1(C)O.CC[C@H]1OC(=O)[C@H](C)[C@@H](O[C@H]2C[C@@](C)(OC)[C@@](O)(CN(C)CCN(C)C(C)(C)c3ccccc3OC)[C@H](C)O2)[C@H](C)[C@@H](O[C@@H]2O[C@H](C)C[C@H](N(C)C)[C@H]2O)[C@@]2(C)C[C@@H](C)C3(CCCN4C(=O)O[C@@]1(C)[C@H]4[C@H]3C)O2. The van der Waals surface area contributed by atoms with Gasteiger partial charge >= 0.3 is 18.0 Å². The molecule has 0 saturated carbocycles. The van der Waals surface area contributed by atoms with E-state index in [4.69, 9.17) is 79.9 Å². The zero-order valence-electron chi connectivity index (χ0n) is 87.0. The van der Waals surface area contributed by atoms with E-state index >= 15 is 4.79 Å². The standard InChI is InChI=1S/C56H94N4O13.C43H81NO12Si2/c1-19-42-54(12)46-37(6)55(25-22-26-60(46)50(63)72-54)33(2)30-52(10,73-55)47(71-49-44(61)40(57(13)14)29-34(3)67-49)35(4)45(36(5)48(62)69-42)70-43-31-53(11,66-18)56(64,38(7)68-43)32-58(15)27-28-59(16)51(8,9)39-23-20-21-24-41(39)65-17;1-20-32-41(8,47)22-25(2)34(45)26(3)23-42(9,48)37(54-40-36(55-57(14,15)16)31(44(11)12)21-27(4)50-40)28(5)35(29(6)39(46)52-32)53-33-24-43(10,49-13)38(30(7)51-33)56-58(17,18)19/h20-21,23-24,33-38,40,42-47,49,61,64H,19,22,25-32H2,1-18H3;22,26-33,35-38,40,47-48H,20-21,23-24H2,1-19H3/b;25-22+/t33-,34-,35+,36-,37-,38+,40+,42-,43+,44-,45+,46-,47-,49+,52-,53-,54-,55?,56-;26-,27-,28+,29-,30+,31+,32-,33+,35+,36-,37-,38+,40+,41+,42+,43-/m11/s1. The van der Waals surface area contributed by atoms with Crippen LogP contribution in [0.2, 0.25) is 39.3 Å². The smallest absolute Gasteiger partial charge is 0.410 e. The summed E-state index contributed by atoms with van der Waals surface area (Å²) in [5.74, 6) is -4.67. The van der Waals surface area contributed by atoms with E-state index in [-0.39, 0.29) is 85.8 Å². The number of aliphatic hydroxyl groups is 4. The minimum absolute atomic E-state index is 0.00119. The predicted octanol–water partition coefficient (Wildman–Crippen LogP) is 12.9. The van der Waals surface area contributed by atoms with Gasteiger partial charge in [-0.1, -0.05) is 66.7 Å². The Bertz CT molecular complexity index is 3980. The van der Waals surface area contributed by atoms with Crippen LogP contribution in [0.5, 0.6) is 5.75 Å². The van der Waals surface area contributed by atoms with E-state index in [1.165, 1.54) is 13.0 Å². The van der Waals surface area contributed by atoms with Crippen molar-refractivity contribution in [1.29, 1.82) is 0 Å². The van der Waals surface area contributed by atoms with E-state index in [1.54, 1.807) is 55.9 Å². The number of carbonyl (C=O) groups excluding carboxylic acids is 4. The van der Waals surface area contributed by atoms with Crippen LogP contribution >= 0.6 is 0 Å². The molecule has 9 aliphatic rings. The molecule has 30 nitrogen and oxygen atoms in total. The van der Waals surface area contributed by atoms with Gasteiger partial charge in [0.2, 0.25) is 0 Å². The summed E-state index contributed by atoms with van der Waals surface area (Å²) < 4.78 is 113. The van der Waals surface area contributed by atoms with Crippen molar-refractivity contribution in [3.63, 3.8) is 0 Å². The molecule has 32 heteroatoms. The van der Waals surface area contributed by atoms with Crippen LogP contribution in [-0.4, -0.2) is 343 Å². The number of Topliss-reactive ketones (excluding diaryl/α,β-unsaturated/α-hetero) is 1. The van der Waals surface area contributed by atoms with Crippen LogP contribution in [0.1, 0.15) is 222 Å². The Morgan fingerprint density at radius 3 is 1.71 bits per heavy atom. The number of esters is 2. The minimum atomic E-state index is -2.17. The highest BCUT2D eigenvalue weighted by molar-refractivity contribution is 6.70. The molecule has 8 saturated heterocycles. The molecule has 4 N–H and O–H groups in total. The van der Waals surface area contributed by atoms with Gasteiger partial charge in [-0.2, -0.15) is 0 Å². The van der Waals surface area contributed by atoms with Crippen molar-refractivity contribution in [2.45, 2.75) is 429 Å². The summed E-state index contributed by atoms with van der Waals surface area (Å²) in [4.78, 5) is 67.7. The number of carbonyl (C=O) groups is 4. The van der Waals surface area contributed by atoms with E-state index < -0.39 is 201 Å². The van der Waals surface area contributed by atoms with Gasteiger partial charge in [-0.25, -0.2) is 4.79 Å². The lowest BCUT2D eigenvalue weighted by molar-refractivity contribution is -0.340. The molecule has 8 fully saturated rings. The molecule has 10 rings (SSSR count). The first kappa shape index (κ1) is 111. The number of cyclic esters (lactones) is 2. The number of ketones is 1. The molecule has 1 aromatic carbocycles. The molecule has 0 aliphatic carbocycles. The topological polar surface area (TPSA) is 322 Å². The van der Waals surface area contributed by atoms with Crippen molar-refractivity contribution >= 4 is 40.4 Å². The summed E-state index contributed by atoms with van der Waals surface area (Å²) in [5.41, 5.74) is -8.66. The fourth-order valence-electron chi connectivity index (χ4n) is 23.6. The van der Waals surface area contributed by atoms with Crippen molar-refractivity contribution in [2.24, 2.45) is 41.4 Å². The van der Waals surface area contributed by atoms with Crippen LogP contribution in [0, 0.1) is 41.4 Å². The maximum Gasteiger partial charge on any atom is 0.410 e. The lowest BCUT2D eigenvalue weighted by Crippen LogP contribution is -2.70. The first-order chi connectivity index (χ1) is 60.4. The molecule has 754 valence electrons. The average molecular weight is 1890 g/mol. The van der Waals surface area contributed by atoms with Crippen LogP contribution in [0.15, 0.2) is 35.9 Å². The first-order valence-electron chi connectivity index (χ1n) is 48.7. The summed E-state index contributed by atoms with van der Waals surface area (Å²) in [7, 11) is 12.8. The molecule has 1 amide bonds. The maximum atomic E-state index is 15.0. The van der Waals surface area contributed by atoms with Gasteiger partial charge in [0.05, 0.1) is 102 Å². The summed E-state index contributed by atoms with van der Waals surface area (Å²) in [6, 6.07) is 7.32. The number of hydrogen-bond donors (Lipinski definition) is 4. The molecule has 1 spiro atoms. The van der Waals surface area contributed by atoms with E-state index in [1.807, 2.05) is 139 Å². The molecule has 35 atom stereocenters. The third-order valence-corrected chi connectivity index (χ3v) is 33.2. The Balaban J connectivity index is 0.000000304. The molecular formula is C99H175N5O25Si2. The van der Waals surface area contributed by atoms with Gasteiger partial charge in [0.1, 0.15) is 47.0 Å². The number of amides is 1. The normalized spacial score (nSPS) is 43.8. The summed E-state index contributed by atoms with van der Waals surface area (Å²) in [5, 5.41) is 49.3. The Kier molecular flexibility index (Phi) is 36.2. The summed E-state index contributed by atoms with van der Waals surface area (Å²) >= 11 is 0. The van der Waals surface area contributed by atoms with E-state index in [0.717, 1.165) is 11.3 Å². The molecule has 3 bridgehead atoms. The second kappa shape index (κ2) is 42.7. The molecule has 9 aliphatic heterocycles. The van der Waals surface area contributed by atoms with Gasteiger partial charge < -0.3 is 120 Å². The number of hydrogen-bond acceptors (Lipinski definition) is 29. The number of para-hydroxylation sites is 1. The Hall–Kier alpha value is -3.77. The fraction of sp³-hybridized carbons (Fsp3) is 0.879. The van der Waals surface area contributed by atoms with Crippen LogP contribution in [0.4, 0.5) is 4.79 Å². The molecule has 1 aromatic rings. The second-order valence-corrected chi connectivity index (χ2v) is 53.8. The number of allylic oxidation sites excluding steroid dienone is 1. The maximum absolute atomic E-state index is 15.0. The van der Waals surface area contributed by atoms with Gasteiger partial charge in [-0.3, -0.25) is 19.3 Å². The monoisotopic (exact) mass is 1890 g/mol. The quantitative estimate of drug-likeness (QED) is 0.0380. The zero-order valence-corrected chi connectivity index (χ0v) is 89.0. The van der Waals surface area contributed by atoms with E-state index in [9.17, 15) is 34.8 Å². The molecule has 1 unspecified atom stereocenters. The molecule has 0 aromatic heterocycles. The number of likely N-dealkylation sites (N-methyl/N-ethyl adjacent to an activating group) is 4. The van der Waals surface area contributed by atoms with Crippen molar-refractivity contribution < 1.29 is 120 Å². The van der Waals surface area contributed by atoms with Crippen molar-refractivity contribution in [2.75, 3.05) is 89.8 Å². The van der Waals surface area contributed by atoms with Crippen molar-refractivity contribution in [1.82, 2.24) is 24.5 Å². The lowest BCUT2D eigenvalue weighted by Gasteiger charge is -2.54. The zero-order chi connectivity index (χ0) is 98.5. The summed E-state index contributed by atoms with van der Waals surface area (Å²) in [6.45, 7) is 56.9. The molecule has 0 radical (unpaired) electrons. The van der Waals surface area contributed by atoms with Gasteiger partial charge in [0.15, 0.2) is 53.2 Å². The van der Waals surface area contributed by atoms with Crippen LogP contribution in [0.3, 0.4) is 0 Å². The third-order valence-electron chi connectivity index (χ3n) is 31.3. The van der Waals surface area contributed by atoms with Crippen molar-refractivity contribution in [3.05, 3.63) is 41.5 Å². The van der Waals surface area contributed by atoms with Gasteiger partial charge in [0.25, 0.3) is 0 Å². The van der Waals surface area contributed by atoms with Crippen LogP contribution in [0.25, 0.3) is 0 Å². The van der Waals surface area contributed by atoms with Crippen molar-refractivity contribution in [3.8, 4) is 5.75 Å². The third kappa shape index (κ3) is 23.9. The number of benzene rings is 1. The van der Waals surface area contributed by atoms with E-state index in [0.29, 0.717) is 63.7 Å². The van der Waals surface area contributed by atoms with Crippen LogP contribution in [-0.2, 0) is 95.1 Å². The highest BCUT2D eigenvalue weighted by Gasteiger charge is 2.69. The summed E-state index contributed by atoms with van der Waals surface area (Å²) in [6.07, 6.45) is -7.33. The molecule has 131 heavy (non-hydrogen) atoms. The number of ether oxygens (including phenoxy) is 15. The van der Waals surface area contributed by atoms with Crippen LogP contribution < -0.4 is 4.74 Å².